The van der Waals surface area contributed by atoms with E-state index in [0.717, 1.165) is 36.1 Å². The van der Waals surface area contributed by atoms with Crippen LogP contribution in [0.15, 0.2) is 34.3 Å². The molecule has 1 heterocycles. The summed E-state index contributed by atoms with van der Waals surface area (Å²) in [6, 6.07) is 8.79. The highest BCUT2D eigenvalue weighted by Gasteiger charge is 2.25. The summed E-state index contributed by atoms with van der Waals surface area (Å²) in [6.07, 6.45) is 0. The number of benzene rings is 2. The third-order valence-electron chi connectivity index (χ3n) is 5.40. The van der Waals surface area contributed by atoms with Crippen LogP contribution >= 0.6 is 0 Å². The van der Waals surface area contributed by atoms with Crippen LogP contribution in [0.1, 0.15) is 33.4 Å². The summed E-state index contributed by atoms with van der Waals surface area (Å²) in [6.45, 7) is 14.7. The molecule has 1 saturated heterocycles. The molecule has 1 aliphatic rings. The molecule has 0 atom stereocenters. The molecule has 0 N–H and O–H groups in total. The lowest BCUT2D eigenvalue weighted by molar-refractivity contribution is 0.386. The summed E-state index contributed by atoms with van der Waals surface area (Å²) in [7, 11) is 4.21. The number of likely N-dealkylation sites (N-methyl/N-ethyl adjacent to an activating group) is 2. The Kier molecular flexibility index (Phi) is 5.59. The first-order valence-corrected chi connectivity index (χ1v) is 9.93. The molecular formula is C24H32N4. The molecule has 148 valence electrons. The van der Waals surface area contributed by atoms with Gasteiger partial charge in [0, 0.05) is 27.2 Å². The monoisotopic (exact) mass is 376 g/mol. The van der Waals surface area contributed by atoms with Crippen molar-refractivity contribution in [3.63, 3.8) is 0 Å². The van der Waals surface area contributed by atoms with Crippen molar-refractivity contribution in [2.75, 3.05) is 27.2 Å². The molecule has 0 aromatic heterocycles. The van der Waals surface area contributed by atoms with Gasteiger partial charge in [-0.2, -0.15) is 0 Å². The minimum absolute atomic E-state index is 0.933. The average molecular weight is 377 g/mol. The lowest BCUT2D eigenvalue weighted by Crippen LogP contribution is -2.51. The van der Waals surface area contributed by atoms with Crippen LogP contribution < -0.4 is 0 Å². The molecule has 2 aromatic rings. The summed E-state index contributed by atoms with van der Waals surface area (Å²) in [5.74, 6) is 1.87. The lowest BCUT2D eigenvalue weighted by atomic mass is 10.0. The zero-order chi connectivity index (χ0) is 20.6. The zero-order valence-corrected chi connectivity index (χ0v) is 18.5. The van der Waals surface area contributed by atoms with Gasteiger partial charge in [0.05, 0.1) is 11.4 Å². The van der Waals surface area contributed by atoms with Crippen molar-refractivity contribution in [3.05, 3.63) is 57.6 Å². The molecule has 0 spiro atoms. The van der Waals surface area contributed by atoms with Gasteiger partial charge in [-0.1, -0.05) is 35.4 Å². The molecule has 0 unspecified atom stereocenters. The largest absolute Gasteiger partial charge is 0.355 e. The standard InChI is InChI=1S/C24H32N4/c1-15-11-17(3)21(18(4)12-15)25-23-24(28(8)10-9-27(23)7)26-22-19(5)13-16(2)14-20(22)6/h11-14H,9-10H2,1-8H3. The summed E-state index contributed by atoms with van der Waals surface area (Å²) in [5, 5.41) is 0. The van der Waals surface area contributed by atoms with E-state index in [2.05, 4.69) is 89.7 Å². The first-order valence-electron chi connectivity index (χ1n) is 9.93. The molecule has 3 rings (SSSR count). The van der Waals surface area contributed by atoms with Gasteiger partial charge in [0.1, 0.15) is 0 Å². The molecule has 0 amide bonds. The van der Waals surface area contributed by atoms with Crippen molar-refractivity contribution >= 4 is 23.0 Å². The number of hydrogen-bond acceptors (Lipinski definition) is 2. The van der Waals surface area contributed by atoms with Crippen LogP contribution in [0.4, 0.5) is 11.4 Å². The number of nitrogens with zero attached hydrogens (tertiary/aromatic N) is 4. The number of hydrogen-bond donors (Lipinski definition) is 0. The van der Waals surface area contributed by atoms with Gasteiger partial charge in [-0.3, -0.25) is 0 Å². The highest BCUT2D eigenvalue weighted by Crippen LogP contribution is 2.29. The summed E-state index contributed by atoms with van der Waals surface area (Å²) in [5.41, 5.74) is 9.45. The average Bonchev–Trinajstić information content (AvgIpc) is 2.58. The Labute approximate surface area is 169 Å². The predicted molar refractivity (Wildman–Crippen MR) is 121 cm³/mol. The van der Waals surface area contributed by atoms with E-state index in [1.165, 1.54) is 33.4 Å². The normalized spacial score (nSPS) is 17.7. The molecule has 4 heteroatoms. The van der Waals surface area contributed by atoms with Crippen LogP contribution in [0.25, 0.3) is 0 Å². The third-order valence-corrected chi connectivity index (χ3v) is 5.40. The fourth-order valence-electron chi connectivity index (χ4n) is 4.03. The molecular weight excluding hydrogens is 344 g/mol. The Morgan fingerprint density at radius 2 is 0.857 bits per heavy atom. The van der Waals surface area contributed by atoms with E-state index in [9.17, 15) is 0 Å². The molecule has 0 aliphatic carbocycles. The van der Waals surface area contributed by atoms with E-state index in [0.29, 0.717) is 0 Å². The van der Waals surface area contributed by atoms with Gasteiger partial charge in [0.25, 0.3) is 0 Å². The second-order valence-electron chi connectivity index (χ2n) is 8.21. The van der Waals surface area contributed by atoms with Gasteiger partial charge >= 0.3 is 0 Å². The molecule has 4 nitrogen and oxygen atoms in total. The zero-order valence-electron chi connectivity index (χ0n) is 18.5. The lowest BCUT2D eigenvalue weighted by Gasteiger charge is -2.35. The van der Waals surface area contributed by atoms with Gasteiger partial charge < -0.3 is 9.80 Å². The Hall–Kier alpha value is -2.62. The molecule has 28 heavy (non-hydrogen) atoms. The quantitative estimate of drug-likeness (QED) is 0.723. The Morgan fingerprint density at radius 1 is 0.571 bits per heavy atom. The first kappa shape index (κ1) is 20.1. The molecule has 0 radical (unpaired) electrons. The fourth-order valence-corrected chi connectivity index (χ4v) is 4.03. The number of aliphatic imine (C=N–C) groups is 2. The van der Waals surface area contributed by atoms with Crippen LogP contribution in [0.5, 0.6) is 0 Å². The van der Waals surface area contributed by atoms with E-state index in [1.807, 2.05) is 0 Å². The molecule has 2 aromatic carbocycles. The summed E-state index contributed by atoms with van der Waals surface area (Å²) < 4.78 is 0. The van der Waals surface area contributed by atoms with E-state index < -0.39 is 0 Å². The Bertz CT molecular complexity index is 843. The number of amidine groups is 2. The van der Waals surface area contributed by atoms with Crippen molar-refractivity contribution in [2.45, 2.75) is 41.5 Å². The van der Waals surface area contributed by atoms with Crippen LogP contribution in [0, 0.1) is 41.5 Å². The van der Waals surface area contributed by atoms with E-state index in [1.54, 1.807) is 0 Å². The number of piperazine rings is 1. The topological polar surface area (TPSA) is 31.2 Å². The fraction of sp³-hybridized carbons (Fsp3) is 0.417. The highest BCUT2D eigenvalue weighted by molar-refractivity contribution is 6.41. The summed E-state index contributed by atoms with van der Waals surface area (Å²) >= 11 is 0. The minimum atomic E-state index is 0.933. The number of rotatable bonds is 2. The van der Waals surface area contributed by atoms with Gasteiger partial charge in [0.15, 0.2) is 11.7 Å². The molecule has 0 bridgehead atoms. The molecule has 1 aliphatic heterocycles. The van der Waals surface area contributed by atoms with Gasteiger partial charge in [0.2, 0.25) is 0 Å². The minimum Gasteiger partial charge on any atom is -0.355 e. The second-order valence-corrected chi connectivity index (χ2v) is 8.21. The van der Waals surface area contributed by atoms with Crippen molar-refractivity contribution in [3.8, 4) is 0 Å². The van der Waals surface area contributed by atoms with Crippen LogP contribution in [-0.2, 0) is 0 Å². The van der Waals surface area contributed by atoms with E-state index in [-0.39, 0.29) is 0 Å². The molecule has 0 saturated carbocycles. The first-order chi connectivity index (χ1) is 13.2. The Morgan fingerprint density at radius 3 is 1.14 bits per heavy atom. The van der Waals surface area contributed by atoms with E-state index in [4.69, 9.17) is 9.98 Å². The van der Waals surface area contributed by atoms with Crippen LogP contribution in [0.2, 0.25) is 0 Å². The molecule has 1 fully saturated rings. The maximum absolute atomic E-state index is 5.11. The van der Waals surface area contributed by atoms with Crippen molar-refractivity contribution in [1.29, 1.82) is 0 Å². The van der Waals surface area contributed by atoms with Gasteiger partial charge in [-0.05, 0) is 63.8 Å². The smallest absolute Gasteiger partial charge is 0.172 e. The second kappa shape index (κ2) is 7.78. The summed E-state index contributed by atoms with van der Waals surface area (Å²) in [4.78, 5) is 14.7. The Balaban J connectivity index is 2.18. The van der Waals surface area contributed by atoms with Crippen LogP contribution in [0.3, 0.4) is 0 Å². The third kappa shape index (κ3) is 3.96. The highest BCUT2D eigenvalue weighted by atomic mass is 15.3. The van der Waals surface area contributed by atoms with Crippen LogP contribution in [-0.4, -0.2) is 48.7 Å². The maximum atomic E-state index is 5.11. The van der Waals surface area contributed by atoms with Crippen molar-refractivity contribution in [2.24, 2.45) is 9.98 Å². The maximum Gasteiger partial charge on any atom is 0.172 e. The van der Waals surface area contributed by atoms with Gasteiger partial charge in [-0.15, -0.1) is 0 Å². The SMILES string of the molecule is Cc1cc(C)c(N=C2C(=Nc3c(C)cc(C)cc3C)N(C)CCN2C)c(C)c1. The number of aryl methyl sites for hydroxylation is 6. The van der Waals surface area contributed by atoms with E-state index >= 15 is 0 Å². The van der Waals surface area contributed by atoms with Crippen molar-refractivity contribution < 1.29 is 0 Å². The van der Waals surface area contributed by atoms with Crippen molar-refractivity contribution in [1.82, 2.24) is 9.80 Å². The predicted octanol–water partition coefficient (Wildman–Crippen LogP) is 5.17. The van der Waals surface area contributed by atoms with Gasteiger partial charge in [-0.25, -0.2) is 9.98 Å².